The minimum Gasteiger partial charge on any atom is -0.370 e. The van der Waals surface area contributed by atoms with Crippen LogP contribution in [0.15, 0.2) is 36.4 Å². The molecule has 2 aromatic heterocycles. The summed E-state index contributed by atoms with van der Waals surface area (Å²) in [6.45, 7) is 4.94. The third-order valence-corrected chi connectivity index (χ3v) is 2.96. The Labute approximate surface area is 124 Å². The van der Waals surface area contributed by atoms with Gasteiger partial charge >= 0.3 is 0 Å². The molecular formula is C15H19ClN4. The fourth-order valence-corrected chi connectivity index (χ4v) is 1.85. The number of nitrogens with one attached hydrogen (secondary N) is 2. The van der Waals surface area contributed by atoms with E-state index in [1.54, 1.807) is 0 Å². The lowest BCUT2D eigenvalue weighted by Gasteiger charge is -2.09. The molecule has 1 unspecified atom stereocenters. The average Bonchev–Trinajstić information content (AvgIpc) is 2.46. The second-order valence-electron chi connectivity index (χ2n) is 4.52. The van der Waals surface area contributed by atoms with Gasteiger partial charge in [0.25, 0.3) is 0 Å². The monoisotopic (exact) mass is 290 g/mol. The minimum absolute atomic E-state index is 0.109. The van der Waals surface area contributed by atoms with Gasteiger partial charge in [-0.2, -0.15) is 0 Å². The summed E-state index contributed by atoms with van der Waals surface area (Å²) in [5.41, 5.74) is 0.844. The molecule has 1 atom stereocenters. The maximum absolute atomic E-state index is 6.04. The van der Waals surface area contributed by atoms with E-state index in [2.05, 4.69) is 27.5 Å². The Kier molecular flexibility index (Phi) is 5.18. The Morgan fingerprint density at radius 3 is 2.40 bits per heavy atom. The van der Waals surface area contributed by atoms with Gasteiger partial charge in [-0.25, -0.2) is 9.97 Å². The van der Waals surface area contributed by atoms with E-state index < -0.39 is 0 Å². The Hall–Kier alpha value is -1.81. The van der Waals surface area contributed by atoms with Gasteiger partial charge in [0.1, 0.15) is 17.5 Å². The van der Waals surface area contributed by atoms with Crippen LogP contribution in [0, 0.1) is 0 Å². The van der Waals surface area contributed by atoms with Gasteiger partial charge in [0.15, 0.2) is 0 Å². The van der Waals surface area contributed by atoms with E-state index >= 15 is 0 Å². The zero-order valence-corrected chi connectivity index (χ0v) is 12.5. The maximum atomic E-state index is 6.04. The lowest BCUT2D eigenvalue weighted by Crippen LogP contribution is -2.04. The molecule has 2 heterocycles. The average molecular weight is 291 g/mol. The highest BCUT2D eigenvalue weighted by Gasteiger charge is 2.04. The minimum atomic E-state index is -0.109. The topological polar surface area (TPSA) is 49.8 Å². The summed E-state index contributed by atoms with van der Waals surface area (Å²) in [7, 11) is 0. The van der Waals surface area contributed by atoms with Gasteiger partial charge in [0.05, 0.1) is 11.1 Å². The second kappa shape index (κ2) is 7.10. The molecule has 0 aliphatic rings. The van der Waals surface area contributed by atoms with Crippen molar-refractivity contribution in [2.75, 3.05) is 17.2 Å². The Morgan fingerprint density at radius 1 is 1.05 bits per heavy atom. The summed E-state index contributed by atoms with van der Waals surface area (Å²) < 4.78 is 0. The van der Waals surface area contributed by atoms with Crippen LogP contribution >= 0.6 is 11.6 Å². The summed E-state index contributed by atoms with van der Waals surface area (Å²) in [6, 6.07) is 11.6. The van der Waals surface area contributed by atoms with Crippen molar-refractivity contribution in [2.45, 2.75) is 25.6 Å². The molecular weight excluding hydrogens is 272 g/mol. The summed E-state index contributed by atoms with van der Waals surface area (Å²) in [4.78, 5) is 8.94. The first-order valence-electron chi connectivity index (χ1n) is 6.78. The van der Waals surface area contributed by atoms with Crippen molar-refractivity contribution in [3.63, 3.8) is 0 Å². The first kappa shape index (κ1) is 14.6. The van der Waals surface area contributed by atoms with Crippen LogP contribution in [0.4, 0.5) is 17.5 Å². The van der Waals surface area contributed by atoms with Gasteiger partial charge in [-0.15, -0.1) is 11.6 Å². The number of nitrogens with zero attached hydrogens (tertiary/aromatic N) is 2. The van der Waals surface area contributed by atoms with Crippen LogP contribution in [0.25, 0.3) is 0 Å². The highest BCUT2D eigenvalue weighted by Crippen LogP contribution is 2.20. The van der Waals surface area contributed by atoms with Crippen LogP contribution in [0.2, 0.25) is 0 Å². The van der Waals surface area contributed by atoms with Crippen molar-refractivity contribution in [2.24, 2.45) is 0 Å². The van der Waals surface area contributed by atoms with Crippen LogP contribution in [-0.2, 0) is 0 Å². The van der Waals surface area contributed by atoms with Crippen LogP contribution < -0.4 is 10.6 Å². The fourth-order valence-electron chi connectivity index (χ4n) is 1.73. The zero-order chi connectivity index (χ0) is 14.4. The van der Waals surface area contributed by atoms with E-state index in [4.69, 9.17) is 11.6 Å². The normalized spacial score (nSPS) is 11.9. The molecule has 4 nitrogen and oxygen atoms in total. The van der Waals surface area contributed by atoms with Crippen LogP contribution in [0.5, 0.6) is 0 Å². The maximum Gasteiger partial charge on any atom is 0.133 e. The van der Waals surface area contributed by atoms with Gasteiger partial charge in [0, 0.05) is 6.54 Å². The van der Waals surface area contributed by atoms with Gasteiger partial charge in [-0.05, 0) is 37.6 Å². The number of aromatic nitrogens is 2. The van der Waals surface area contributed by atoms with E-state index in [9.17, 15) is 0 Å². The second-order valence-corrected chi connectivity index (χ2v) is 5.18. The van der Waals surface area contributed by atoms with E-state index in [1.165, 1.54) is 0 Å². The molecule has 0 aliphatic heterocycles. The SMILES string of the molecule is CCCNc1cccc(Nc2cccc(C(C)Cl)n2)n1. The summed E-state index contributed by atoms with van der Waals surface area (Å²) >= 11 is 6.04. The lowest BCUT2D eigenvalue weighted by molar-refractivity contribution is 0.969. The van der Waals surface area contributed by atoms with Crippen LogP contribution in [-0.4, -0.2) is 16.5 Å². The van der Waals surface area contributed by atoms with Crippen molar-refractivity contribution < 1.29 is 0 Å². The summed E-state index contributed by atoms with van der Waals surface area (Å²) in [5.74, 6) is 2.37. The fraction of sp³-hybridized carbons (Fsp3) is 0.333. The van der Waals surface area contributed by atoms with Crippen molar-refractivity contribution >= 4 is 29.1 Å². The van der Waals surface area contributed by atoms with Crippen molar-refractivity contribution in [1.29, 1.82) is 0 Å². The number of rotatable bonds is 6. The molecule has 0 fully saturated rings. The third-order valence-electron chi connectivity index (χ3n) is 2.74. The van der Waals surface area contributed by atoms with E-state index in [0.717, 1.165) is 36.1 Å². The molecule has 20 heavy (non-hydrogen) atoms. The Balaban J connectivity index is 2.11. The highest BCUT2D eigenvalue weighted by atomic mass is 35.5. The predicted octanol–water partition coefficient (Wildman–Crippen LogP) is 4.34. The number of hydrogen-bond donors (Lipinski definition) is 2. The number of anilines is 3. The predicted molar refractivity (Wildman–Crippen MR) is 84.8 cm³/mol. The lowest BCUT2D eigenvalue weighted by atomic mass is 10.3. The molecule has 2 rings (SSSR count). The zero-order valence-electron chi connectivity index (χ0n) is 11.7. The number of hydrogen-bond acceptors (Lipinski definition) is 4. The van der Waals surface area contributed by atoms with Gasteiger partial charge in [-0.1, -0.05) is 19.1 Å². The Morgan fingerprint density at radius 2 is 1.70 bits per heavy atom. The molecule has 0 aliphatic carbocycles. The van der Waals surface area contributed by atoms with Crippen molar-refractivity contribution in [3.05, 3.63) is 42.1 Å². The molecule has 5 heteroatoms. The Bertz CT molecular complexity index is 557. The smallest absolute Gasteiger partial charge is 0.133 e. The van der Waals surface area contributed by atoms with E-state index in [1.807, 2.05) is 43.3 Å². The van der Waals surface area contributed by atoms with Crippen molar-refractivity contribution in [3.8, 4) is 0 Å². The number of halogens is 1. The number of pyridine rings is 2. The van der Waals surface area contributed by atoms with E-state index in [-0.39, 0.29) is 5.38 Å². The first-order chi connectivity index (χ1) is 9.69. The molecule has 0 amide bonds. The molecule has 0 bridgehead atoms. The summed E-state index contributed by atoms with van der Waals surface area (Å²) in [6.07, 6.45) is 1.07. The van der Waals surface area contributed by atoms with Gasteiger partial charge in [0.2, 0.25) is 0 Å². The quantitative estimate of drug-likeness (QED) is 0.777. The molecule has 0 radical (unpaired) electrons. The highest BCUT2D eigenvalue weighted by molar-refractivity contribution is 6.20. The summed E-state index contributed by atoms with van der Waals surface area (Å²) in [5, 5.41) is 6.34. The molecule has 0 saturated heterocycles. The molecule has 0 spiro atoms. The first-order valence-corrected chi connectivity index (χ1v) is 7.21. The molecule has 0 saturated carbocycles. The van der Waals surface area contributed by atoms with Gasteiger partial charge in [-0.3, -0.25) is 0 Å². The van der Waals surface area contributed by atoms with Crippen LogP contribution in [0.1, 0.15) is 31.3 Å². The standard InChI is InChI=1S/C15H19ClN4/c1-3-10-17-13-7-5-9-15(19-13)20-14-8-4-6-12(18-14)11(2)16/h4-9,11H,3,10H2,1-2H3,(H2,17,18,19,20). The molecule has 2 N–H and O–H groups in total. The van der Waals surface area contributed by atoms with Crippen molar-refractivity contribution in [1.82, 2.24) is 9.97 Å². The third kappa shape index (κ3) is 4.10. The number of alkyl halides is 1. The van der Waals surface area contributed by atoms with Gasteiger partial charge < -0.3 is 10.6 Å². The van der Waals surface area contributed by atoms with Crippen LogP contribution in [0.3, 0.4) is 0 Å². The van der Waals surface area contributed by atoms with E-state index in [0.29, 0.717) is 0 Å². The molecule has 0 aromatic carbocycles. The molecule has 106 valence electrons. The molecule has 2 aromatic rings. The largest absolute Gasteiger partial charge is 0.370 e.